The van der Waals surface area contributed by atoms with Crippen molar-refractivity contribution in [1.29, 1.82) is 0 Å². The number of H-pyrrole nitrogens is 2. The van der Waals surface area contributed by atoms with Gasteiger partial charge in [0.25, 0.3) is 0 Å². The Hall–Kier alpha value is -6.00. The highest BCUT2D eigenvalue weighted by Crippen LogP contribution is 2.41. The summed E-state index contributed by atoms with van der Waals surface area (Å²) in [7, 11) is 5.55. The second-order valence-corrected chi connectivity index (χ2v) is 16.2. The van der Waals surface area contributed by atoms with E-state index in [-0.39, 0.29) is 23.9 Å². The number of aromatic nitrogens is 4. The molecule has 3 aromatic carbocycles. The Bertz CT molecular complexity index is 2460. The zero-order valence-electron chi connectivity index (χ0n) is 35.5. The number of hydrogen-bond donors (Lipinski definition) is 4. The first-order valence-corrected chi connectivity index (χ1v) is 21.0. The molecule has 1 aliphatic carbocycles. The molecule has 3 aliphatic rings. The van der Waals surface area contributed by atoms with Crippen LogP contribution in [0.5, 0.6) is 0 Å². The Morgan fingerprint density at radius 1 is 0.721 bits per heavy atom. The highest BCUT2D eigenvalue weighted by molar-refractivity contribution is 6.05. The van der Waals surface area contributed by atoms with Gasteiger partial charge in [0.05, 0.1) is 61.4 Å². The van der Waals surface area contributed by atoms with Gasteiger partial charge >= 0.3 is 12.2 Å². The summed E-state index contributed by atoms with van der Waals surface area (Å²) in [6, 6.07) is 12.7. The van der Waals surface area contributed by atoms with E-state index in [9.17, 15) is 19.2 Å². The number of alkyl carbamates (subject to hydrolysis) is 2. The standard InChI is InChI=1S/C45H54N8O8/c1-24(58-3)37(50-44(56)60-5)42(54)52-20-8-12-35(52)40-46-23-34(48-40)32-18-17-28(30-10-7-11-31(30)32)26-14-16-29-27(22-26)15-19-33-39(29)49-41(47-33)36-13-9-21-53(36)43(55)38(25(2)59-4)51-45(57)61-6/h14-19,22-25,35-38H,7-13,20-21H2,1-6H3,(H,46,48)(H,47,49)(H,50,56)(H,51,57)/t24-,25-,35?,36?,37+,38+/m1/s1. The van der Waals surface area contributed by atoms with Gasteiger partial charge in [0, 0.05) is 38.3 Å². The van der Waals surface area contributed by atoms with Crippen molar-refractivity contribution in [3.05, 3.63) is 71.4 Å². The van der Waals surface area contributed by atoms with Gasteiger partial charge in [-0.2, -0.15) is 0 Å². The SMILES string of the molecule is COC(=O)N[C@H](C(=O)N1CCCC1c1ncc(-c2ccc(-c3ccc4c(ccc5[nH]c(C6CCCN6C(=O)[C@@H](NC(=O)OC)[C@@H](C)OC)nc54)c3)c3c2CCC3)[nH]1)[C@@H](C)OC. The van der Waals surface area contributed by atoms with Gasteiger partial charge in [-0.25, -0.2) is 19.6 Å². The van der Waals surface area contributed by atoms with Gasteiger partial charge in [0.15, 0.2) is 0 Å². The van der Waals surface area contributed by atoms with Gasteiger partial charge in [-0.3, -0.25) is 9.59 Å². The Balaban J connectivity index is 1.04. The summed E-state index contributed by atoms with van der Waals surface area (Å²) in [6.07, 6.45) is 5.44. The molecule has 2 aromatic heterocycles. The molecule has 61 heavy (non-hydrogen) atoms. The van der Waals surface area contributed by atoms with Crippen LogP contribution in [0.2, 0.25) is 0 Å². The van der Waals surface area contributed by atoms with Crippen LogP contribution in [0.15, 0.2) is 48.7 Å². The van der Waals surface area contributed by atoms with Crippen molar-refractivity contribution in [3.8, 4) is 22.4 Å². The highest BCUT2D eigenvalue weighted by Gasteiger charge is 2.40. The predicted octanol–water partition coefficient (Wildman–Crippen LogP) is 6.11. The van der Waals surface area contributed by atoms with Crippen molar-refractivity contribution < 1.29 is 38.1 Å². The Morgan fingerprint density at radius 3 is 1.92 bits per heavy atom. The molecule has 0 radical (unpaired) electrons. The summed E-state index contributed by atoms with van der Waals surface area (Å²) in [5, 5.41) is 7.38. The molecule has 0 spiro atoms. The van der Waals surface area contributed by atoms with E-state index in [1.54, 1.807) is 23.6 Å². The lowest BCUT2D eigenvalue weighted by Gasteiger charge is -2.30. The van der Waals surface area contributed by atoms with Crippen molar-refractivity contribution in [2.24, 2.45) is 0 Å². The number of carbonyl (C=O) groups is 4. The highest BCUT2D eigenvalue weighted by atomic mass is 16.5. The van der Waals surface area contributed by atoms with Crippen LogP contribution in [0.4, 0.5) is 9.59 Å². The van der Waals surface area contributed by atoms with Crippen molar-refractivity contribution in [3.63, 3.8) is 0 Å². The van der Waals surface area contributed by atoms with Crippen molar-refractivity contribution in [2.45, 2.75) is 95.2 Å². The number of imidazole rings is 2. The summed E-state index contributed by atoms with van der Waals surface area (Å²) >= 11 is 0. The number of rotatable bonds is 12. The molecule has 4 N–H and O–H groups in total. The van der Waals surface area contributed by atoms with E-state index in [2.05, 4.69) is 57.0 Å². The monoisotopic (exact) mass is 834 g/mol. The molecular formula is C45H54N8O8. The third-order valence-corrected chi connectivity index (χ3v) is 12.8. The van der Waals surface area contributed by atoms with Crippen LogP contribution < -0.4 is 10.6 Å². The largest absolute Gasteiger partial charge is 0.453 e. The Labute approximate surface area is 354 Å². The predicted molar refractivity (Wildman–Crippen MR) is 228 cm³/mol. The molecule has 322 valence electrons. The van der Waals surface area contributed by atoms with Crippen molar-refractivity contribution in [1.82, 2.24) is 40.4 Å². The molecule has 2 unspecified atom stereocenters. The fourth-order valence-electron chi connectivity index (χ4n) is 9.41. The summed E-state index contributed by atoms with van der Waals surface area (Å²) in [5.41, 5.74) is 8.71. The molecule has 4 heterocycles. The van der Waals surface area contributed by atoms with Gasteiger partial charge < -0.3 is 49.3 Å². The van der Waals surface area contributed by atoms with E-state index >= 15 is 0 Å². The lowest BCUT2D eigenvalue weighted by Crippen LogP contribution is -2.54. The van der Waals surface area contributed by atoms with Crippen LogP contribution in [0.1, 0.15) is 80.8 Å². The minimum atomic E-state index is -0.905. The van der Waals surface area contributed by atoms with Gasteiger partial charge in [-0.1, -0.05) is 30.3 Å². The van der Waals surface area contributed by atoms with E-state index in [0.717, 1.165) is 83.6 Å². The molecular weight excluding hydrogens is 781 g/mol. The molecule has 16 nitrogen and oxygen atoms in total. The van der Waals surface area contributed by atoms with Crippen LogP contribution in [0.25, 0.3) is 44.2 Å². The zero-order chi connectivity index (χ0) is 42.9. The molecule has 2 saturated heterocycles. The fraction of sp³-hybridized carbons (Fsp3) is 0.467. The average molecular weight is 835 g/mol. The lowest BCUT2D eigenvalue weighted by molar-refractivity contribution is -0.138. The number of nitrogens with zero attached hydrogens (tertiary/aromatic N) is 4. The Kier molecular flexibility index (Phi) is 12.0. The van der Waals surface area contributed by atoms with Gasteiger partial charge in [-0.05, 0) is 98.6 Å². The minimum Gasteiger partial charge on any atom is -0.453 e. The molecule has 5 aromatic rings. The van der Waals surface area contributed by atoms with E-state index in [0.29, 0.717) is 24.7 Å². The van der Waals surface area contributed by atoms with E-state index in [1.165, 1.54) is 45.1 Å². The first-order valence-electron chi connectivity index (χ1n) is 21.0. The van der Waals surface area contributed by atoms with Crippen molar-refractivity contribution in [2.75, 3.05) is 41.5 Å². The topological polar surface area (TPSA) is 193 Å². The van der Waals surface area contributed by atoms with Crippen molar-refractivity contribution >= 4 is 45.8 Å². The average Bonchev–Trinajstić information content (AvgIpc) is 4.14. The van der Waals surface area contributed by atoms with Crippen LogP contribution in [-0.4, -0.2) is 120 Å². The molecule has 2 aliphatic heterocycles. The Morgan fingerprint density at radius 2 is 1.31 bits per heavy atom. The van der Waals surface area contributed by atoms with Crippen LogP contribution in [-0.2, 0) is 41.4 Å². The second kappa shape index (κ2) is 17.5. The zero-order valence-corrected chi connectivity index (χ0v) is 35.5. The number of carbonyl (C=O) groups excluding carboxylic acids is 4. The van der Waals surface area contributed by atoms with Gasteiger partial charge in [-0.15, -0.1) is 0 Å². The van der Waals surface area contributed by atoms with E-state index < -0.39 is 36.5 Å². The van der Waals surface area contributed by atoms with Crippen LogP contribution in [0, 0.1) is 0 Å². The summed E-state index contributed by atoms with van der Waals surface area (Å²) in [6.45, 7) is 4.58. The van der Waals surface area contributed by atoms with Crippen LogP contribution in [0.3, 0.4) is 0 Å². The third-order valence-electron chi connectivity index (χ3n) is 12.8. The van der Waals surface area contributed by atoms with Gasteiger partial charge in [0.1, 0.15) is 23.7 Å². The number of aromatic amines is 2. The van der Waals surface area contributed by atoms with E-state index in [4.69, 9.17) is 28.9 Å². The molecule has 0 saturated carbocycles. The number of nitrogens with one attached hydrogen (secondary N) is 4. The molecule has 6 atom stereocenters. The molecule has 2 fully saturated rings. The molecule has 0 bridgehead atoms. The summed E-state index contributed by atoms with van der Waals surface area (Å²) in [5.74, 6) is 0.948. The number of fused-ring (bicyclic) bond motifs is 4. The lowest BCUT2D eigenvalue weighted by atomic mass is 9.91. The number of ether oxygens (including phenoxy) is 4. The second-order valence-electron chi connectivity index (χ2n) is 16.2. The fourth-order valence-corrected chi connectivity index (χ4v) is 9.41. The maximum Gasteiger partial charge on any atom is 0.407 e. The molecule has 4 amide bonds. The number of amides is 4. The first kappa shape index (κ1) is 41.7. The quantitative estimate of drug-likeness (QED) is 0.114. The van der Waals surface area contributed by atoms with Crippen LogP contribution >= 0.6 is 0 Å². The molecule has 16 heteroatoms. The minimum absolute atomic E-state index is 0.237. The number of benzene rings is 3. The van der Waals surface area contributed by atoms with Gasteiger partial charge in [0.2, 0.25) is 11.8 Å². The number of likely N-dealkylation sites (tertiary alicyclic amines) is 2. The summed E-state index contributed by atoms with van der Waals surface area (Å²) < 4.78 is 20.5. The first-order chi connectivity index (χ1) is 29.5. The van der Waals surface area contributed by atoms with E-state index in [1.807, 2.05) is 12.3 Å². The smallest absolute Gasteiger partial charge is 0.407 e. The molecule has 8 rings (SSSR count). The third kappa shape index (κ3) is 7.89. The normalized spacial score (nSPS) is 19.4. The number of methoxy groups -OCH3 is 4. The maximum absolute atomic E-state index is 13.8. The number of hydrogen-bond acceptors (Lipinski definition) is 10. The summed E-state index contributed by atoms with van der Waals surface area (Å²) in [4.78, 5) is 72.4. The maximum atomic E-state index is 13.8.